The fraction of sp³-hybridized carbons (Fsp3) is 0.261. The fourth-order valence-corrected chi connectivity index (χ4v) is 4.19. The molecular weight excluding hydrogens is 408 g/mol. The van der Waals surface area contributed by atoms with Crippen LogP contribution in [-0.2, 0) is 0 Å². The molecule has 0 spiro atoms. The second-order valence-electron chi connectivity index (χ2n) is 7.27. The fourth-order valence-electron chi connectivity index (χ4n) is 3.29. The maximum atomic E-state index is 9.33. The molecular formula is C23H24N6OS. The number of nitrogens with zero attached hydrogens (tertiary/aromatic N) is 5. The molecule has 1 aliphatic heterocycles. The molecule has 1 fully saturated rings. The van der Waals surface area contributed by atoms with Crippen molar-refractivity contribution in [2.24, 2.45) is 0 Å². The highest BCUT2D eigenvalue weighted by Gasteiger charge is 2.14. The van der Waals surface area contributed by atoms with Crippen LogP contribution in [0.15, 0.2) is 59.6 Å². The highest BCUT2D eigenvalue weighted by molar-refractivity contribution is 7.97. The SMILES string of the molecule is COc1ccc(-c2ccnc(Nc3ccc(SN4CCN(C)CC4)cc3)n2)cc1C#N. The van der Waals surface area contributed by atoms with Gasteiger partial charge >= 0.3 is 0 Å². The summed E-state index contributed by atoms with van der Waals surface area (Å²) in [6.45, 7) is 4.34. The topological polar surface area (TPSA) is 77.3 Å². The van der Waals surface area contributed by atoms with Gasteiger partial charge in [-0.05, 0) is 67.5 Å². The van der Waals surface area contributed by atoms with Crippen LogP contribution in [0.2, 0.25) is 0 Å². The summed E-state index contributed by atoms with van der Waals surface area (Å²) in [5, 5.41) is 12.6. The smallest absolute Gasteiger partial charge is 0.227 e. The van der Waals surface area contributed by atoms with Crippen molar-refractivity contribution >= 4 is 23.6 Å². The van der Waals surface area contributed by atoms with Gasteiger partial charge in [-0.3, -0.25) is 0 Å². The molecule has 158 valence electrons. The van der Waals surface area contributed by atoms with Crippen LogP contribution in [0.5, 0.6) is 5.75 Å². The zero-order valence-corrected chi connectivity index (χ0v) is 18.4. The second kappa shape index (κ2) is 9.79. The van der Waals surface area contributed by atoms with E-state index in [1.54, 1.807) is 37.4 Å². The number of ether oxygens (including phenoxy) is 1. The minimum Gasteiger partial charge on any atom is -0.495 e. The highest BCUT2D eigenvalue weighted by Crippen LogP contribution is 2.27. The van der Waals surface area contributed by atoms with Gasteiger partial charge in [-0.1, -0.05) is 0 Å². The molecule has 0 unspecified atom stereocenters. The summed E-state index contributed by atoms with van der Waals surface area (Å²) >= 11 is 1.80. The third kappa shape index (κ3) is 5.33. The molecule has 4 rings (SSSR count). The van der Waals surface area contributed by atoms with Gasteiger partial charge in [0, 0.05) is 48.5 Å². The maximum Gasteiger partial charge on any atom is 0.227 e. The van der Waals surface area contributed by atoms with Crippen LogP contribution >= 0.6 is 11.9 Å². The molecule has 0 radical (unpaired) electrons. The number of piperazine rings is 1. The normalized spacial score (nSPS) is 14.7. The first kappa shape index (κ1) is 21.1. The van der Waals surface area contributed by atoms with Crippen molar-refractivity contribution in [3.63, 3.8) is 0 Å². The van der Waals surface area contributed by atoms with Crippen LogP contribution < -0.4 is 10.1 Å². The molecule has 3 aromatic rings. The molecule has 0 amide bonds. The van der Waals surface area contributed by atoms with Crippen molar-refractivity contribution in [3.8, 4) is 23.1 Å². The number of methoxy groups -OCH3 is 1. The summed E-state index contributed by atoms with van der Waals surface area (Å²) in [5.41, 5.74) is 2.97. The van der Waals surface area contributed by atoms with Gasteiger partial charge in [0.1, 0.15) is 11.8 Å². The Bertz CT molecular complexity index is 1070. The Balaban J connectivity index is 1.44. The van der Waals surface area contributed by atoms with Crippen molar-refractivity contribution in [1.29, 1.82) is 5.26 Å². The van der Waals surface area contributed by atoms with Crippen LogP contribution in [0.1, 0.15) is 5.56 Å². The number of likely N-dealkylation sites (N-methyl/N-ethyl adjacent to an activating group) is 1. The first-order valence-corrected chi connectivity index (χ1v) is 10.8. The zero-order valence-electron chi connectivity index (χ0n) is 17.6. The van der Waals surface area contributed by atoms with E-state index in [9.17, 15) is 5.26 Å². The summed E-state index contributed by atoms with van der Waals surface area (Å²) in [7, 11) is 3.72. The predicted octanol–water partition coefficient (Wildman–Crippen LogP) is 4.02. The number of hydrogen-bond donors (Lipinski definition) is 1. The van der Waals surface area contributed by atoms with E-state index in [0.29, 0.717) is 17.3 Å². The monoisotopic (exact) mass is 432 g/mol. The third-order valence-electron chi connectivity index (χ3n) is 5.08. The van der Waals surface area contributed by atoms with E-state index in [4.69, 9.17) is 4.74 Å². The molecule has 1 N–H and O–H groups in total. The van der Waals surface area contributed by atoms with Crippen LogP contribution in [-0.4, -0.2) is 59.5 Å². The lowest BCUT2D eigenvalue weighted by atomic mass is 10.1. The van der Waals surface area contributed by atoms with Crippen molar-refractivity contribution in [1.82, 2.24) is 19.2 Å². The summed E-state index contributed by atoms with van der Waals surface area (Å²) < 4.78 is 7.62. The molecule has 1 saturated heterocycles. The van der Waals surface area contributed by atoms with Gasteiger partial charge in [0.15, 0.2) is 0 Å². The average molecular weight is 433 g/mol. The number of anilines is 2. The van der Waals surface area contributed by atoms with E-state index in [1.165, 1.54) is 4.90 Å². The molecule has 0 bridgehead atoms. The molecule has 1 aliphatic rings. The van der Waals surface area contributed by atoms with E-state index in [2.05, 4.69) is 49.7 Å². The van der Waals surface area contributed by atoms with E-state index < -0.39 is 0 Å². The van der Waals surface area contributed by atoms with E-state index in [-0.39, 0.29) is 0 Å². The Labute approximate surface area is 186 Å². The lowest BCUT2D eigenvalue weighted by Crippen LogP contribution is -2.40. The predicted molar refractivity (Wildman–Crippen MR) is 123 cm³/mol. The third-order valence-corrected chi connectivity index (χ3v) is 6.18. The Kier molecular flexibility index (Phi) is 6.67. The number of nitrogens with one attached hydrogen (secondary N) is 1. The Morgan fingerprint density at radius 1 is 1.06 bits per heavy atom. The van der Waals surface area contributed by atoms with E-state index in [1.807, 2.05) is 24.3 Å². The lowest BCUT2D eigenvalue weighted by Gasteiger charge is -2.31. The molecule has 2 aromatic carbocycles. The number of aromatic nitrogens is 2. The second-order valence-corrected chi connectivity index (χ2v) is 8.44. The standard InChI is InChI=1S/C23H24N6OS/c1-28-11-13-29(14-12-28)31-20-6-4-19(5-7-20)26-23-25-10-9-21(27-23)17-3-8-22(30-2)18(15-17)16-24/h3-10,15H,11-14H2,1-2H3,(H,25,26,27). The van der Waals surface area contributed by atoms with Gasteiger partial charge in [-0.25, -0.2) is 14.3 Å². The molecule has 0 atom stereocenters. The minimum absolute atomic E-state index is 0.474. The summed E-state index contributed by atoms with van der Waals surface area (Å²) in [6, 6.07) is 17.7. The van der Waals surface area contributed by atoms with Crippen LogP contribution in [0, 0.1) is 11.3 Å². The van der Waals surface area contributed by atoms with Crippen LogP contribution in [0.4, 0.5) is 11.6 Å². The van der Waals surface area contributed by atoms with Crippen molar-refractivity contribution in [3.05, 3.63) is 60.3 Å². The molecule has 7 nitrogen and oxygen atoms in total. The van der Waals surface area contributed by atoms with Crippen LogP contribution in [0.25, 0.3) is 11.3 Å². The Morgan fingerprint density at radius 3 is 2.55 bits per heavy atom. The first-order chi connectivity index (χ1) is 15.1. The maximum absolute atomic E-state index is 9.33. The lowest BCUT2D eigenvalue weighted by molar-refractivity contribution is 0.233. The average Bonchev–Trinajstić information content (AvgIpc) is 2.81. The molecule has 0 aliphatic carbocycles. The highest BCUT2D eigenvalue weighted by atomic mass is 32.2. The summed E-state index contributed by atoms with van der Waals surface area (Å²) in [5.74, 6) is 1.06. The Morgan fingerprint density at radius 2 is 1.84 bits per heavy atom. The van der Waals surface area contributed by atoms with Gasteiger partial charge < -0.3 is 15.0 Å². The summed E-state index contributed by atoms with van der Waals surface area (Å²) in [4.78, 5) is 12.5. The van der Waals surface area contributed by atoms with Crippen molar-refractivity contribution in [2.45, 2.75) is 4.90 Å². The van der Waals surface area contributed by atoms with Crippen molar-refractivity contribution < 1.29 is 4.74 Å². The first-order valence-electron chi connectivity index (χ1n) is 10.0. The number of hydrogen-bond acceptors (Lipinski definition) is 8. The van der Waals surface area contributed by atoms with Crippen molar-refractivity contribution in [2.75, 3.05) is 45.7 Å². The quantitative estimate of drug-likeness (QED) is 0.585. The zero-order chi connectivity index (χ0) is 21.6. The van der Waals surface area contributed by atoms with E-state index in [0.717, 1.165) is 43.1 Å². The van der Waals surface area contributed by atoms with Gasteiger partial charge in [0.25, 0.3) is 0 Å². The molecule has 8 heteroatoms. The largest absolute Gasteiger partial charge is 0.495 e. The number of benzene rings is 2. The number of rotatable bonds is 6. The minimum atomic E-state index is 0.474. The van der Waals surface area contributed by atoms with Gasteiger partial charge in [-0.15, -0.1) is 0 Å². The molecule has 1 aromatic heterocycles. The molecule has 0 saturated carbocycles. The molecule has 31 heavy (non-hydrogen) atoms. The van der Waals surface area contributed by atoms with Crippen LogP contribution in [0.3, 0.4) is 0 Å². The van der Waals surface area contributed by atoms with Gasteiger partial charge in [-0.2, -0.15) is 5.26 Å². The van der Waals surface area contributed by atoms with Gasteiger partial charge in [0.2, 0.25) is 5.95 Å². The summed E-state index contributed by atoms with van der Waals surface area (Å²) in [6.07, 6.45) is 1.71. The Hall–Kier alpha value is -3.12. The van der Waals surface area contributed by atoms with Gasteiger partial charge in [0.05, 0.1) is 18.4 Å². The number of nitriles is 1. The molecule has 2 heterocycles. The van der Waals surface area contributed by atoms with E-state index >= 15 is 0 Å².